The van der Waals surface area contributed by atoms with Gasteiger partial charge < -0.3 is 10.1 Å². The highest BCUT2D eigenvalue weighted by Gasteiger charge is 2.28. The van der Waals surface area contributed by atoms with Crippen LogP contribution in [0.3, 0.4) is 0 Å². The molecule has 6 nitrogen and oxygen atoms in total. The van der Waals surface area contributed by atoms with Crippen molar-refractivity contribution in [1.29, 1.82) is 0 Å². The van der Waals surface area contributed by atoms with Gasteiger partial charge in [0.25, 0.3) is 0 Å². The molecule has 20 heavy (non-hydrogen) atoms. The summed E-state index contributed by atoms with van der Waals surface area (Å²) in [5, 5.41) is 2.93. The second-order valence-electron chi connectivity index (χ2n) is 5.49. The van der Waals surface area contributed by atoms with Crippen LogP contribution < -0.4 is 5.32 Å². The second-order valence-corrected chi connectivity index (χ2v) is 7.75. The van der Waals surface area contributed by atoms with Gasteiger partial charge in [-0.2, -0.15) is 0 Å². The molecular formula is C13H24N2O4S. The standard InChI is InChI=1S/C13H24N2O4S/c1-2-20(17,18)15-7-5-11(6-8-15)10-14-13(16)12-4-3-9-19-12/h11-12H,2-10H2,1H3,(H,14,16)/t12-/m1/s1. The molecule has 0 aromatic carbocycles. The van der Waals surface area contributed by atoms with E-state index in [4.69, 9.17) is 4.74 Å². The Morgan fingerprint density at radius 3 is 2.55 bits per heavy atom. The van der Waals surface area contributed by atoms with Gasteiger partial charge in [0.2, 0.25) is 15.9 Å². The van der Waals surface area contributed by atoms with E-state index in [-0.39, 0.29) is 17.8 Å². The topological polar surface area (TPSA) is 75.7 Å². The molecule has 2 aliphatic heterocycles. The Morgan fingerprint density at radius 2 is 2.00 bits per heavy atom. The average Bonchev–Trinajstić information content (AvgIpc) is 2.99. The molecule has 2 heterocycles. The lowest BCUT2D eigenvalue weighted by molar-refractivity contribution is -0.130. The molecule has 0 radical (unpaired) electrons. The maximum atomic E-state index is 11.8. The number of amides is 1. The van der Waals surface area contributed by atoms with Crippen LogP contribution in [0.25, 0.3) is 0 Å². The first kappa shape index (κ1) is 15.7. The highest BCUT2D eigenvalue weighted by Crippen LogP contribution is 2.19. The van der Waals surface area contributed by atoms with Gasteiger partial charge in [-0.25, -0.2) is 12.7 Å². The third kappa shape index (κ3) is 3.93. The summed E-state index contributed by atoms with van der Waals surface area (Å²) in [7, 11) is -3.06. The van der Waals surface area contributed by atoms with Crippen molar-refractivity contribution in [2.45, 2.75) is 38.7 Å². The van der Waals surface area contributed by atoms with Crippen LogP contribution >= 0.6 is 0 Å². The van der Waals surface area contributed by atoms with Crippen molar-refractivity contribution in [3.63, 3.8) is 0 Å². The molecule has 0 saturated carbocycles. The minimum absolute atomic E-state index is 0.0221. The van der Waals surface area contributed by atoms with E-state index in [0.717, 1.165) is 25.7 Å². The minimum Gasteiger partial charge on any atom is -0.368 e. The van der Waals surface area contributed by atoms with Crippen molar-refractivity contribution >= 4 is 15.9 Å². The number of carbonyl (C=O) groups is 1. The molecule has 0 bridgehead atoms. The Balaban J connectivity index is 1.70. The van der Waals surface area contributed by atoms with Gasteiger partial charge in [0.05, 0.1) is 5.75 Å². The maximum absolute atomic E-state index is 11.8. The SMILES string of the molecule is CCS(=O)(=O)N1CCC(CNC(=O)[C@H]2CCCO2)CC1. The van der Waals surface area contributed by atoms with Crippen molar-refractivity contribution in [1.82, 2.24) is 9.62 Å². The lowest BCUT2D eigenvalue weighted by Gasteiger charge is -2.31. The van der Waals surface area contributed by atoms with E-state index in [0.29, 0.717) is 32.2 Å². The molecule has 2 saturated heterocycles. The summed E-state index contributed by atoms with van der Waals surface area (Å²) in [6.45, 7) is 4.10. The molecule has 7 heteroatoms. The van der Waals surface area contributed by atoms with E-state index in [1.807, 2.05) is 0 Å². The number of carbonyl (C=O) groups excluding carboxylic acids is 1. The molecule has 2 rings (SSSR count). The Hall–Kier alpha value is -0.660. The first-order valence-corrected chi connectivity index (χ1v) is 9.01. The Labute approximate surface area is 120 Å². The summed E-state index contributed by atoms with van der Waals surface area (Å²) in [4.78, 5) is 11.8. The number of hydrogen-bond acceptors (Lipinski definition) is 4. The van der Waals surface area contributed by atoms with Crippen LogP contribution in [0, 0.1) is 5.92 Å². The van der Waals surface area contributed by atoms with E-state index in [2.05, 4.69) is 5.32 Å². The minimum atomic E-state index is -3.06. The fraction of sp³-hybridized carbons (Fsp3) is 0.923. The normalized spacial score (nSPS) is 25.8. The number of rotatable bonds is 5. The molecule has 0 aliphatic carbocycles. The monoisotopic (exact) mass is 304 g/mol. The zero-order valence-corrected chi connectivity index (χ0v) is 12.8. The van der Waals surface area contributed by atoms with Gasteiger partial charge in [0, 0.05) is 26.2 Å². The van der Waals surface area contributed by atoms with E-state index in [9.17, 15) is 13.2 Å². The highest BCUT2D eigenvalue weighted by atomic mass is 32.2. The molecular weight excluding hydrogens is 280 g/mol. The molecule has 1 atom stereocenters. The number of hydrogen-bond donors (Lipinski definition) is 1. The number of ether oxygens (including phenoxy) is 1. The second kappa shape index (κ2) is 6.87. The van der Waals surface area contributed by atoms with Crippen LogP contribution in [0.1, 0.15) is 32.6 Å². The number of nitrogens with one attached hydrogen (secondary N) is 1. The van der Waals surface area contributed by atoms with Gasteiger partial charge in [-0.3, -0.25) is 4.79 Å². The number of sulfonamides is 1. The largest absolute Gasteiger partial charge is 0.368 e. The summed E-state index contributed by atoms with van der Waals surface area (Å²) in [5.74, 6) is 0.503. The van der Waals surface area contributed by atoms with Crippen molar-refractivity contribution in [2.24, 2.45) is 5.92 Å². The zero-order valence-electron chi connectivity index (χ0n) is 12.0. The van der Waals surface area contributed by atoms with Gasteiger partial charge >= 0.3 is 0 Å². The van der Waals surface area contributed by atoms with E-state index in [1.165, 1.54) is 0 Å². The fourth-order valence-corrected chi connectivity index (χ4v) is 3.85. The molecule has 116 valence electrons. The average molecular weight is 304 g/mol. The van der Waals surface area contributed by atoms with Crippen LogP contribution in [0.5, 0.6) is 0 Å². The smallest absolute Gasteiger partial charge is 0.249 e. The van der Waals surface area contributed by atoms with Gasteiger partial charge in [-0.15, -0.1) is 0 Å². The molecule has 0 aromatic heterocycles. The third-order valence-electron chi connectivity index (χ3n) is 4.12. The summed E-state index contributed by atoms with van der Waals surface area (Å²) >= 11 is 0. The van der Waals surface area contributed by atoms with Crippen LogP contribution in [0.2, 0.25) is 0 Å². The van der Waals surface area contributed by atoms with Gasteiger partial charge in [-0.1, -0.05) is 0 Å². The Morgan fingerprint density at radius 1 is 1.30 bits per heavy atom. The molecule has 2 aliphatic rings. The van der Waals surface area contributed by atoms with Crippen LogP contribution in [-0.2, 0) is 19.6 Å². The van der Waals surface area contributed by atoms with Gasteiger partial charge in [0.1, 0.15) is 6.10 Å². The van der Waals surface area contributed by atoms with Crippen LogP contribution in [-0.4, -0.2) is 56.7 Å². The fourth-order valence-electron chi connectivity index (χ4n) is 2.72. The predicted octanol–water partition coefficient (Wildman–Crippen LogP) is 0.343. The van der Waals surface area contributed by atoms with E-state index in [1.54, 1.807) is 11.2 Å². The van der Waals surface area contributed by atoms with Crippen molar-refractivity contribution in [3.05, 3.63) is 0 Å². The predicted molar refractivity (Wildman–Crippen MR) is 75.7 cm³/mol. The van der Waals surface area contributed by atoms with E-state index >= 15 is 0 Å². The first-order valence-electron chi connectivity index (χ1n) is 7.40. The van der Waals surface area contributed by atoms with Crippen molar-refractivity contribution < 1.29 is 17.9 Å². The Bertz CT molecular complexity index is 424. The Kier molecular flexibility index (Phi) is 5.40. The maximum Gasteiger partial charge on any atom is 0.249 e. The molecule has 1 N–H and O–H groups in total. The molecule has 1 amide bonds. The number of piperidine rings is 1. The zero-order chi connectivity index (χ0) is 14.6. The third-order valence-corrected chi connectivity index (χ3v) is 6.00. The lowest BCUT2D eigenvalue weighted by Crippen LogP contribution is -2.43. The highest BCUT2D eigenvalue weighted by molar-refractivity contribution is 7.89. The summed E-state index contributed by atoms with van der Waals surface area (Å²) in [6, 6.07) is 0. The van der Waals surface area contributed by atoms with Crippen LogP contribution in [0.4, 0.5) is 0 Å². The van der Waals surface area contributed by atoms with Crippen LogP contribution in [0.15, 0.2) is 0 Å². The first-order chi connectivity index (χ1) is 9.53. The summed E-state index contributed by atoms with van der Waals surface area (Å²) in [5.41, 5.74) is 0. The molecule has 0 unspecified atom stereocenters. The van der Waals surface area contributed by atoms with E-state index < -0.39 is 10.0 Å². The molecule has 2 fully saturated rings. The van der Waals surface area contributed by atoms with Crippen molar-refractivity contribution in [3.8, 4) is 0 Å². The van der Waals surface area contributed by atoms with Gasteiger partial charge in [0.15, 0.2) is 0 Å². The molecule has 0 spiro atoms. The van der Waals surface area contributed by atoms with Gasteiger partial charge in [-0.05, 0) is 38.5 Å². The summed E-state index contributed by atoms with van der Waals surface area (Å²) in [6.07, 6.45) is 3.09. The summed E-state index contributed by atoms with van der Waals surface area (Å²) < 4.78 is 30.4. The quantitative estimate of drug-likeness (QED) is 0.795. The van der Waals surface area contributed by atoms with Crippen molar-refractivity contribution in [2.75, 3.05) is 32.0 Å². The number of nitrogens with zero attached hydrogens (tertiary/aromatic N) is 1. The lowest BCUT2D eigenvalue weighted by atomic mass is 9.98. The molecule has 0 aromatic rings.